The minimum absolute atomic E-state index is 0.109. The van der Waals surface area contributed by atoms with E-state index in [-0.39, 0.29) is 11.3 Å². The number of azide groups is 1. The van der Waals surface area contributed by atoms with Gasteiger partial charge in [0, 0.05) is 10.5 Å². The van der Waals surface area contributed by atoms with E-state index in [2.05, 4.69) is 10.0 Å². The molecule has 0 unspecified atom stereocenters. The Balaban J connectivity index is 3.42. The average molecular weight is 212 g/mol. The van der Waals surface area contributed by atoms with Gasteiger partial charge in [-0.3, -0.25) is 4.79 Å². The lowest BCUT2D eigenvalue weighted by molar-refractivity contribution is 0.108. The zero-order valence-corrected chi connectivity index (χ0v) is 8.02. The Kier molecular flexibility index (Phi) is 3.34. The molecule has 0 aliphatic carbocycles. The van der Waals surface area contributed by atoms with Gasteiger partial charge in [-0.15, -0.1) is 0 Å². The molecule has 0 N–H and O–H groups in total. The van der Waals surface area contributed by atoms with Crippen molar-refractivity contribution in [2.45, 2.75) is 0 Å². The van der Waals surface area contributed by atoms with Crippen LogP contribution in [-0.2, 0) is 0 Å². The number of hydrogen-bond donors (Lipinski definition) is 0. The minimum Gasteiger partial charge on any atom is -0.496 e. The lowest BCUT2D eigenvalue weighted by Crippen LogP contribution is -1.92. The number of nitrogens with zero attached hydrogens (tertiary/aromatic N) is 3. The van der Waals surface area contributed by atoms with Crippen LogP contribution in [0.5, 0.6) is 5.75 Å². The summed E-state index contributed by atoms with van der Waals surface area (Å²) in [4.78, 5) is 13.5. The Labute approximate surface area is 84.9 Å². The zero-order chi connectivity index (χ0) is 10.6. The summed E-state index contributed by atoms with van der Waals surface area (Å²) in [5.74, 6) is 0.314. The molecule has 1 aromatic carbocycles. The molecule has 0 fully saturated rings. The third kappa shape index (κ3) is 1.96. The van der Waals surface area contributed by atoms with E-state index < -0.39 is 5.24 Å². The van der Waals surface area contributed by atoms with E-state index in [9.17, 15) is 4.79 Å². The maximum Gasteiger partial charge on any atom is 0.252 e. The molecule has 5 nitrogen and oxygen atoms in total. The maximum atomic E-state index is 10.9. The van der Waals surface area contributed by atoms with Gasteiger partial charge < -0.3 is 4.74 Å². The van der Waals surface area contributed by atoms with Gasteiger partial charge in [0.1, 0.15) is 5.75 Å². The van der Waals surface area contributed by atoms with Gasteiger partial charge in [0.15, 0.2) is 0 Å². The van der Waals surface area contributed by atoms with E-state index in [0.717, 1.165) is 0 Å². The fraction of sp³-hybridized carbons (Fsp3) is 0.125. The largest absolute Gasteiger partial charge is 0.496 e. The molecule has 0 aliphatic rings. The van der Waals surface area contributed by atoms with E-state index in [1.807, 2.05) is 0 Å². The summed E-state index contributed by atoms with van der Waals surface area (Å²) < 4.78 is 4.91. The topological polar surface area (TPSA) is 75.1 Å². The molecule has 0 saturated heterocycles. The molecule has 72 valence electrons. The summed E-state index contributed by atoms with van der Waals surface area (Å²) in [6.07, 6.45) is 0. The molecule has 6 heteroatoms. The zero-order valence-electron chi connectivity index (χ0n) is 7.27. The van der Waals surface area contributed by atoms with Crippen LogP contribution in [0.3, 0.4) is 0 Å². The SMILES string of the molecule is COc1cccc(C(=O)Cl)c1N=[N+]=[N-]. The summed E-state index contributed by atoms with van der Waals surface area (Å²) in [6, 6.07) is 4.63. The second-order valence-corrected chi connectivity index (χ2v) is 2.66. The molecule has 0 aliphatic heterocycles. The van der Waals surface area contributed by atoms with Crippen LogP contribution in [-0.4, -0.2) is 12.4 Å². The van der Waals surface area contributed by atoms with Gasteiger partial charge in [0.2, 0.25) is 0 Å². The van der Waals surface area contributed by atoms with E-state index >= 15 is 0 Å². The number of carbonyl (C=O) groups is 1. The van der Waals surface area contributed by atoms with Crippen LogP contribution in [0.4, 0.5) is 5.69 Å². The lowest BCUT2D eigenvalue weighted by Gasteiger charge is -2.05. The number of carbonyl (C=O) groups excluding carboxylic acids is 1. The summed E-state index contributed by atoms with van der Waals surface area (Å²) >= 11 is 5.30. The summed E-state index contributed by atoms with van der Waals surface area (Å²) in [7, 11) is 1.41. The first kappa shape index (κ1) is 10.4. The monoisotopic (exact) mass is 211 g/mol. The molecule has 0 aromatic heterocycles. The van der Waals surface area contributed by atoms with Crippen LogP contribution in [0.2, 0.25) is 0 Å². The Morgan fingerprint density at radius 3 is 2.86 bits per heavy atom. The predicted octanol–water partition coefficient (Wildman–Crippen LogP) is 3.02. The highest BCUT2D eigenvalue weighted by atomic mass is 35.5. The van der Waals surface area contributed by atoms with Crippen LogP contribution in [0.15, 0.2) is 23.3 Å². The second-order valence-electron chi connectivity index (χ2n) is 2.32. The molecule has 0 heterocycles. The quantitative estimate of drug-likeness (QED) is 0.334. The number of benzene rings is 1. The molecular weight excluding hydrogens is 206 g/mol. The first-order valence-corrected chi connectivity index (χ1v) is 4.00. The predicted molar refractivity (Wildman–Crippen MR) is 52.0 cm³/mol. The van der Waals surface area contributed by atoms with Crippen molar-refractivity contribution < 1.29 is 9.53 Å². The molecule has 0 radical (unpaired) electrons. The molecule has 0 atom stereocenters. The van der Waals surface area contributed by atoms with Crippen molar-refractivity contribution in [3.8, 4) is 5.75 Å². The number of rotatable bonds is 3. The maximum absolute atomic E-state index is 10.9. The molecule has 0 bridgehead atoms. The third-order valence-corrected chi connectivity index (χ3v) is 1.78. The molecular formula is C8H6ClN3O2. The van der Waals surface area contributed by atoms with Gasteiger partial charge in [-0.05, 0) is 29.3 Å². The van der Waals surface area contributed by atoms with Crippen LogP contribution >= 0.6 is 11.6 Å². The van der Waals surface area contributed by atoms with Crippen molar-refractivity contribution in [3.63, 3.8) is 0 Å². The van der Waals surface area contributed by atoms with Gasteiger partial charge in [0.25, 0.3) is 5.24 Å². The molecule has 1 aromatic rings. The van der Waals surface area contributed by atoms with Crippen LogP contribution in [0, 0.1) is 0 Å². The van der Waals surface area contributed by atoms with Crippen LogP contribution in [0.25, 0.3) is 10.4 Å². The normalized spacial score (nSPS) is 9.00. The number of methoxy groups -OCH3 is 1. The third-order valence-electron chi connectivity index (χ3n) is 1.58. The Hall–Kier alpha value is -1.71. The van der Waals surface area contributed by atoms with Crippen LogP contribution < -0.4 is 4.74 Å². The van der Waals surface area contributed by atoms with Gasteiger partial charge in [-0.25, -0.2) is 0 Å². The summed E-state index contributed by atoms with van der Waals surface area (Å²) in [5, 5.41) is 2.66. The highest BCUT2D eigenvalue weighted by Gasteiger charge is 2.11. The van der Waals surface area contributed by atoms with E-state index in [1.54, 1.807) is 12.1 Å². The van der Waals surface area contributed by atoms with Crippen LogP contribution in [0.1, 0.15) is 10.4 Å². The summed E-state index contributed by atoms with van der Waals surface area (Å²) in [5.41, 5.74) is 8.53. The highest BCUT2D eigenvalue weighted by Crippen LogP contribution is 2.32. The van der Waals surface area contributed by atoms with Crippen molar-refractivity contribution in [2.75, 3.05) is 7.11 Å². The van der Waals surface area contributed by atoms with Gasteiger partial charge >= 0.3 is 0 Å². The fourth-order valence-corrected chi connectivity index (χ4v) is 1.15. The molecule has 0 spiro atoms. The van der Waals surface area contributed by atoms with Crippen molar-refractivity contribution >= 4 is 22.5 Å². The van der Waals surface area contributed by atoms with E-state index in [1.165, 1.54) is 13.2 Å². The molecule has 14 heavy (non-hydrogen) atoms. The van der Waals surface area contributed by atoms with Crippen molar-refractivity contribution in [3.05, 3.63) is 34.2 Å². The summed E-state index contributed by atoms with van der Waals surface area (Å²) in [6.45, 7) is 0. The number of halogens is 1. The smallest absolute Gasteiger partial charge is 0.252 e. The van der Waals surface area contributed by atoms with Crippen molar-refractivity contribution in [1.29, 1.82) is 0 Å². The molecule has 0 amide bonds. The molecule has 1 rings (SSSR count). The van der Waals surface area contributed by atoms with Crippen molar-refractivity contribution in [2.24, 2.45) is 5.11 Å². The second kappa shape index (κ2) is 4.50. The van der Waals surface area contributed by atoms with Gasteiger partial charge in [-0.2, -0.15) is 0 Å². The Morgan fingerprint density at radius 1 is 1.64 bits per heavy atom. The molecule has 0 saturated carbocycles. The number of ether oxygens (including phenoxy) is 1. The fourth-order valence-electron chi connectivity index (χ4n) is 0.994. The lowest BCUT2D eigenvalue weighted by atomic mass is 10.2. The van der Waals surface area contributed by atoms with Gasteiger partial charge in [0.05, 0.1) is 12.8 Å². The minimum atomic E-state index is -0.689. The standard InChI is InChI=1S/C8H6ClN3O2/c1-14-6-4-2-3-5(8(9)13)7(6)11-12-10/h2-4H,1H3. The average Bonchev–Trinajstić information content (AvgIpc) is 2.18. The Bertz CT molecular complexity index is 413. The Morgan fingerprint density at radius 2 is 2.36 bits per heavy atom. The van der Waals surface area contributed by atoms with Crippen molar-refractivity contribution in [1.82, 2.24) is 0 Å². The van der Waals surface area contributed by atoms with E-state index in [4.69, 9.17) is 21.9 Å². The number of hydrogen-bond acceptors (Lipinski definition) is 3. The van der Waals surface area contributed by atoms with E-state index in [0.29, 0.717) is 5.75 Å². The highest BCUT2D eigenvalue weighted by molar-refractivity contribution is 6.68. The first-order valence-electron chi connectivity index (χ1n) is 3.62. The van der Waals surface area contributed by atoms with Gasteiger partial charge in [-0.1, -0.05) is 11.2 Å². The first-order chi connectivity index (χ1) is 6.70.